The highest BCUT2D eigenvalue weighted by Crippen LogP contribution is 2.25. The van der Waals surface area contributed by atoms with Gasteiger partial charge in [0, 0.05) is 31.1 Å². The maximum Gasteiger partial charge on any atom is 0.267 e. The van der Waals surface area contributed by atoms with Crippen molar-refractivity contribution in [3.8, 4) is 5.88 Å². The second kappa shape index (κ2) is 11.6. The van der Waals surface area contributed by atoms with Crippen molar-refractivity contribution in [3.05, 3.63) is 76.2 Å². The molecule has 10 nitrogen and oxygen atoms in total. The Morgan fingerprint density at radius 1 is 1.10 bits per heavy atom. The van der Waals surface area contributed by atoms with Crippen LogP contribution < -0.4 is 10.5 Å². The zero-order chi connectivity index (χ0) is 28.5. The Balaban J connectivity index is 1.11. The fourth-order valence-corrected chi connectivity index (χ4v) is 5.26. The Hall–Kier alpha value is -3.74. The van der Waals surface area contributed by atoms with Crippen LogP contribution in [0, 0.1) is 11.6 Å². The second-order valence-electron chi connectivity index (χ2n) is 10.3. The average Bonchev–Trinajstić information content (AvgIpc) is 3.26. The third kappa shape index (κ3) is 6.14. The van der Waals surface area contributed by atoms with Gasteiger partial charge in [0.05, 0.1) is 42.6 Å². The number of carbonyl (C=O) groups is 1. The van der Waals surface area contributed by atoms with Crippen molar-refractivity contribution in [2.45, 2.75) is 51.0 Å². The van der Waals surface area contributed by atoms with Crippen molar-refractivity contribution in [1.29, 1.82) is 0 Å². The number of hydrogen-bond acceptors (Lipinski definition) is 8. The molecule has 0 radical (unpaired) electrons. The molecule has 2 N–H and O–H groups in total. The summed E-state index contributed by atoms with van der Waals surface area (Å²) in [4.78, 5) is 31.1. The molecular weight excluding hydrogens is 556 g/mol. The number of carbonyl (C=O) groups excluding carboxylic acids is 1. The molecular formula is C28H28ClF2N7O3. The summed E-state index contributed by atoms with van der Waals surface area (Å²) in [7, 11) is 0. The van der Waals surface area contributed by atoms with Crippen molar-refractivity contribution >= 4 is 28.5 Å². The fourth-order valence-electron chi connectivity index (χ4n) is 5.10. The zero-order valence-electron chi connectivity index (χ0n) is 22.1. The molecule has 214 valence electrons. The van der Waals surface area contributed by atoms with Gasteiger partial charge in [-0.15, -0.1) is 0 Å². The number of fused-ring (bicyclic) bond motifs is 1. The Bertz CT molecular complexity index is 1590. The largest absolute Gasteiger partial charge is 0.472 e. The molecule has 0 saturated carbocycles. The quantitative estimate of drug-likeness (QED) is 0.317. The molecule has 13 heteroatoms. The van der Waals surface area contributed by atoms with Gasteiger partial charge in [-0.1, -0.05) is 17.7 Å². The minimum atomic E-state index is -0.663. The third-order valence-corrected chi connectivity index (χ3v) is 7.68. The summed E-state index contributed by atoms with van der Waals surface area (Å²) < 4.78 is 42.4. The number of ether oxygens (including phenoxy) is 2. The van der Waals surface area contributed by atoms with E-state index in [1.54, 1.807) is 24.4 Å². The number of aromatic nitrogens is 5. The topological polar surface area (TPSA) is 121 Å². The Morgan fingerprint density at radius 3 is 2.61 bits per heavy atom. The van der Waals surface area contributed by atoms with Gasteiger partial charge < -0.3 is 19.8 Å². The minimum absolute atomic E-state index is 0.0848. The molecule has 0 spiro atoms. The molecule has 0 unspecified atom stereocenters. The summed E-state index contributed by atoms with van der Waals surface area (Å²) in [5.41, 5.74) is 7.43. The second-order valence-corrected chi connectivity index (χ2v) is 10.7. The van der Waals surface area contributed by atoms with Crippen LogP contribution in [-0.2, 0) is 24.2 Å². The Morgan fingerprint density at radius 2 is 1.90 bits per heavy atom. The highest BCUT2D eigenvalue weighted by Gasteiger charge is 2.26. The fraction of sp³-hybridized carbons (Fsp3) is 0.393. The predicted molar refractivity (Wildman–Crippen MR) is 146 cm³/mol. The SMILES string of the molecule is NC(=O)c1cc2nc(CN3CCC(Oc4nc(Cc5ccc(Cl)cc5F)ncc4F)CC3)n(C[C@@H]3CCO3)c2cn1. The molecule has 2 fully saturated rings. The zero-order valence-corrected chi connectivity index (χ0v) is 22.9. The van der Waals surface area contributed by atoms with E-state index in [2.05, 4.69) is 24.4 Å². The number of nitrogens with zero attached hydrogens (tertiary/aromatic N) is 6. The smallest absolute Gasteiger partial charge is 0.267 e. The van der Waals surface area contributed by atoms with Gasteiger partial charge in [0.25, 0.3) is 11.8 Å². The van der Waals surface area contributed by atoms with Crippen LogP contribution in [0.4, 0.5) is 8.78 Å². The lowest BCUT2D eigenvalue weighted by Crippen LogP contribution is -2.39. The molecule has 1 atom stereocenters. The summed E-state index contributed by atoms with van der Waals surface area (Å²) in [5.74, 6) is -0.774. The number of rotatable bonds is 9. The third-order valence-electron chi connectivity index (χ3n) is 7.45. The van der Waals surface area contributed by atoms with E-state index in [0.29, 0.717) is 55.1 Å². The molecule has 0 aliphatic carbocycles. The first-order valence-electron chi connectivity index (χ1n) is 13.4. The number of halogens is 3. The van der Waals surface area contributed by atoms with Crippen LogP contribution in [0.25, 0.3) is 11.0 Å². The van der Waals surface area contributed by atoms with Gasteiger partial charge in [0.2, 0.25) is 5.82 Å². The maximum atomic E-state index is 14.5. The Labute approximate surface area is 239 Å². The number of likely N-dealkylation sites (tertiary alicyclic amines) is 1. The number of hydrogen-bond donors (Lipinski definition) is 1. The normalized spacial score (nSPS) is 18.0. The number of nitrogens with two attached hydrogens (primary N) is 1. The van der Waals surface area contributed by atoms with Crippen LogP contribution >= 0.6 is 11.6 Å². The van der Waals surface area contributed by atoms with Crippen LogP contribution in [0.1, 0.15) is 47.0 Å². The van der Waals surface area contributed by atoms with Crippen molar-refractivity contribution < 1.29 is 23.0 Å². The monoisotopic (exact) mass is 583 g/mol. The number of benzene rings is 1. The van der Waals surface area contributed by atoms with Gasteiger partial charge in [-0.3, -0.25) is 9.69 Å². The summed E-state index contributed by atoms with van der Waals surface area (Å²) in [6, 6.07) is 5.98. The Kier molecular flexibility index (Phi) is 7.78. The molecule has 0 bridgehead atoms. The first-order chi connectivity index (χ1) is 19.8. The van der Waals surface area contributed by atoms with Crippen molar-refractivity contribution in [1.82, 2.24) is 29.4 Å². The van der Waals surface area contributed by atoms with Crippen LogP contribution in [0.3, 0.4) is 0 Å². The number of imidazole rings is 1. The van der Waals surface area contributed by atoms with Gasteiger partial charge in [-0.25, -0.2) is 19.3 Å². The lowest BCUT2D eigenvalue weighted by atomic mass is 10.1. The van der Waals surface area contributed by atoms with E-state index in [-0.39, 0.29) is 36.0 Å². The predicted octanol–water partition coefficient (Wildman–Crippen LogP) is 3.67. The molecule has 3 aromatic heterocycles. The van der Waals surface area contributed by atoms with Crippen molar-refractivity contribution in [2.24, 2.45) is 5.73 Å². The summed E-state index contributed by atoms with van der Waals surface area (Å²) in [5, 5.41) is 0.292. The molecule has 1 amide bonds. The highest BCUT2D eigenvalue weighted by molar-refractivity contribution is 6.30. The summed E-state index contributed by atoms with van der Waals surface area (Å²) in [6.07, 6.45) is 4.94. The van der Waals surface area contributed by atoms with Gasteiger partial charge in [-0.2, -0.15) is 9.37 Å². The molecule has 41 heavy (non-hydrogen) atoms. The van der Waals surface area contributed by atoms with E-state index >= 15 is 0 Å². The molecule has 2 aliphatic rings. The number of piperidine rings is 1. The molecule has 6 rings (SSSR count). The van der Waals surface area contributed by atoms with E-state index in [4.69, 9.17) is 31.8 Å². The maximum absolute atomic E-state index is 14.5. The average molecular weight is 584 g/mol. The number of primary amides is 1. The lowest BCUT2D eigenvalue weighted by Gasteiger charge is -2.32. The van der Waals surface area contributed by atoms with E-state index in [0.717, 1.165) is 30.6 Å². The molecule has 2 saturated heterocycles. The minimum Gasteiger partial charge on any atom is -0.472 e. The van der Waals surface area contributed by atoms with Crippen LogP contribution in [0.15, 0.2) is 36.7 Å². The molecule has 1 aromatic carbocycles. The van der Waals surface area contributed by atoms with Crippen LogP contribution in [0.5, 0.6) is 5.88 Å². The first kappa shape index (κ1) is 27.4. The molecule has 2 aliphatic heterocycles. The van der Waals surface area contributed by atoms with Crippen molar-refractivity contribution in [3.63, 3.8) is 0 Å². The van der Waals surface area contributed by atoms with Crippen LogP contribution in [-0.4, -0.2) is 67.2 Å². The van der Waals surface area contributed by atoms with Crippen LogP contribution in [0.2, 0.25) is 5.02 Å². The number of amides is 1. The van der Waals surface area contributed by atoms with Gasteiger partial charge in [0.15, 0.2) is 0 Å². The van der Waals surface area contributed by atoms with E-state index in [1.807, 2.05) is 0 Å². The van der Waals surface area contributed by atoms with E-state index in [1.165, 1.54) is 6.07 Å². The summed E-state index contributed by atoms with van der Waals surface area (Å²) >= 11 is 5.83. The van der Waals surface area contributed by atoms with E-state index < -0.39 is 17.5 Å². The summed E-state index contributed by atoms with van der Waals surface area (Å²) in [6.45, 7) is 3.38. The van der Waals surface area contributed by atoms with E-state index in [9.17, 15) is 13.6 Å². The van der Waals surface area contributed by atoms with Gasteiger partial charge >= 0.3 is 0 Å². The van der Waals surface area contributed by atoms with Crippen molar-refractivity contribution in [2.75, 3.05) is 19.7 Å². The highest BCUT2D eigenvalue weighted by atomic mass is 35.5. The number of pyridine rings is 1. The lowest BCUT2D eigenvalue weighted by molar-refractivity contribution is -0.0592. The van der Waals surface area contributed by atoms with Gasteiger partial charge in [-0.05, 0) is 43.0 Å². The molecule has 4 aromatic rings. The first-order valence-corrected chi connectivity index (χ1v) is 13.8. The standard InChI is InChI=1S/C28H28ClF2N7O3/c29-17-2-1-16(20(30)10-17)9-25-34-12-21(31)28(36-25)41-18-3-6-37(7-4-18)15-26-35-22-11-23(27(32)39)33-13-24(22)38(26)14-19-5-8-40-19/h1-2,10-13,18-19H,3-9,14-15H2,(H2,32,39)/t19-/m0/s1. The van der Waals surface area contributed by atoms with Gasteiger partial charge in [0.1, 0.15) is 29.3 Å². The molecule has 5 heterocycles.